The van der Waals surface area contributed by atoms with Crippen LogP contribution in [0.15, 0.2) is 36.7 Å². The SMILES string of the molecule is Cc1cc(C)n(-c2cc(N3CC(C(=O)Nc4c(C)cccc4[N+](=O)[O-])C3)ncn2)n1. The van der Waals surface area contributed by atoms with Gasteiger partial charge >= 0.3 is 0 Å². The number of nitrogens with one attached hydrogen (secondary N) is 1. The summed E-state index contributed by atoms with van der Waals surface area (Å²) in [4.78, 5) is 33.9. The molecule has 154 valence electrons. The molecule has 1 fully saturated rings. The zero-order valence-electron chi connectivity index (χ0n) is 16.9. The number of anilines is 2. The quantitative estimate of drug-likeness (QED) is 0.510. The van der Waals surface area contributed by atoms with Crippen molar-refractivity contribution in [3.63, 3.8) is 0 Å². The van der Waals surface area contributed by atoms with Crippen molar-refractivity contribution < 1.29 is 9.72 Å². The lowest BCUT2D eigenvalue weighted by Gasteiger charge is -2.39. The summed E-state index contributed by atoms with van der Waals surface area (Å²) < 4.78 is 1.75. The highest BCUT2D eigenvalue weighted by atomic mass is 16.6. The van der Waals surface area contributed by atoms with E-state index < -0.39 is 4.92 Å². The van der Waals surface area contributed by atoms with Crippen molar-refractivity contribution in [2.45, 2.75) is 20.8 Å². The van der Waals surface area contributed by atoms with E-state index in [2.05, 4.69) is 20.4 Å². The number of carbonyl (C=O) groups is 1. The first-order valence-electron chi connectivity index (χ1n) is 9.49. The lowest BCUT2D eigenvalue weighted by Crippen LogP contribution is -2.52. The van der Waals surface area contributed by atoms with E-state index in [9.17, 15) is 14.9 Å². The number of aromatic nitrogens is 4. The summed E-state index contributed by atoms with van der Waals surface area (Å²) in [5, 5.41) is 18.4. The van der Waals surface area contributed by atoms with Gasteiger partial charge in [0.25, 0.3) is 5.69 Å². The second-order valence-corrected chi connectivity index (χ2v) is 7.39. The zero-order chi connectivity index (χ0) is 21.4. The second-order valence-electron chi connectivity index (χ2n) is 7.39. The molecule has 3 aromatic rings. The maximum atomic E-state index is 12.6. The van der Waals surface area contributed by atoms with Crippen molar-refractivity contribution in [3.05, 3.63) is 63.7 Å². The average Bonchev–Trinajstić information content (AvgIpc) is 3.00. The molecule has 1 N–H and O–H groups in total. The van der Waals surface area contributed by atoms with Gasteiger partial charge in [-0.1, -0.05) is 12.1 Å². The lowest BCUT2D eigenvalue weighted by molar-refractivity contribution is -0.384. The van der Waals surface area contributed by atoms with Crippen LogP contribution in [0.25, 0.3) is 5.82 Å². The summed E-state index contributed by atoms with van der Waals surface area (Å²) >= 11 is 0. The number of hydrogen-bond acceptors (Lipinski definition) is 7. The number of nitro groups is 1. The van der Waals surface area contributed by atoms with Gasteiger partial charge in [0.1, 0.15) is 17.8 Å². The Labute approximate surface area is 172 Å². The predicted molar refractivity (Wildman–Crippen MR) is 111 cm³/mol. The van der Waals surface area contributed by atoms with Crippen LogP contribution in [0.4, 0.5) is 17.2 Å². The molecule has 0 atom stereocenters. The number of para-hydroxylation sites is 1. The van der Waals surface area contributed by atoms with Crippen molar-refractivity contribution in [2.75, 3.05) is 23.3 Å². The molecule has 0 unspecified atom stereocenters. The van der Waals surface area contributed by atoms with E-state index in [4.69, 9.17) is 0 Å². The molecule has 1 aliphatic rings. The van der Waals surface area contributed by atoms with Gasteiger partial charge in [-0.3, -0.25) is 14.9 Å². The highest BCUT2D eigenvalue weighted by molar-refractivity contribution is 5.97. The molecular weight excluding hydrogens is 386 g/mol. The molecule has 0 aliphatic carbocycles. The molecule has 30 heavy (non-hydrogen) atoms. The minimum absolute atomic E-state index is 0.107. The minimum Gasteiger partial charge on any atom is -0.355 e. The van der Waals surface area contributed by atoms with E-state index in [1.54, 1.807) is 23.7 Å². The Morgan fingerprint density at radius 2 is 1.90 bits per heavy atom. The van der Waals surface area contributed by atoms with Crippen LogP contribution in [-0.4, -0.2) is 43.7 Å². The smallest absolute Gasteiger partial charge is 0.293 e. The average molecular weight is 407 g/mol. The van der Waals surface area contributed by atoms with Crippen LogP contribution in [0.5, 0.6) is 0 Å². The van der Waals surface area contributed by atoms with E-state index in [0.29, 0.717) is 30.3 Å². The fraction of sp³-hybridized carbons (Fsp3) is 0.300. The van der Waals surface area contributed by atoms with Crippen LogP contribution in [-0.2, 0) is 4.79 Å². The van der Waals surface area contributed by atoms with Gasteiger partial charge in [0.15, 0.2) is 5.82 Å². The molecule has 2 aromatic heterocycles. The molecular formula is C20H21N7O3. The molecule has 1 amide bonds. The van der Waals surface area contributed by atoms with Crippen LogP contribution in [0.3, 0.4) is 0 Å². The maximum absolute atomic E-state index is 12.6. The number of nitrogens with zero attached hydrogens (tertiary/aromatic N) is 6. The van der Waals surface area contributed by atoms with Crippen molar-refractivity contribution in [3.8, 4) is 5.82 Å². The number of carbonyl (C=O) groups excluding carboxylic acids is 1. The molecule has 1 aliphatic heterocycles. The van der Waals surface area contributed by atoms with Crippen LogP contribution < -0.4 is 10.2 Å². The van der Waals surface area contributed by atoms with Gasteiger partial charge in [0.05, 0.1) is 16.5 Å². The molecule has 0 spiro atoms. The van der Waals surface area contributed by atoms with Crippen LogP contribution in [0.2, 0.25) is 0 Å². The molecule has 0 radical (unpaired) electrons. The van der Waals surface area contributed by atoms with Gasteiger partial charge in [0, 0.05) is 30.9 Å². The number of hydrogen-bond donors (Lipinski definition) is 1. The number of rotatable bonds is 5. The van der Waals surface area contributed by atoms with Gasteiger partial charge in [-0.05, 0) is 32.4 Å². The van der Waals surface area contributed by atoms with Gasteiger partial charge in [0.2, 0.25) is 5.91 Å². The fourth-order valence-corrected chi connectivity index (χ4v) is 3.51. The molecule has 3 heterocycles. The molecule has 1 saturated heterocycles. The first kappa shape index (κ1) is 19.5. The summed E-state index contributed by atoms with van der Waals surface area (Å²) in [5.41, 5.74) is 2.67. The summed E-state index contributed by atoms with van der Waals surface area (Å²) in [6, 6.07) is 8.52. The third-order valence-corrected chi connectivity index (χ3v) is 5.14. The molecule has 10 nitrogen and oxygen atoms in total. The topological polar surface area (TPSA) is 119 Å². The molecule has 0 saturated carbocycles. The summed E-state index contributed by atoms with van der Waals surface area (Å²) in [5.74, 6) is 0.847. The molecule has 1 aromatic carbocycles. The maximum Gasteiger partial charge on any atom is 0.293 e. The Balaban J connectivity index is 1.45. The van der Waals surface area contributed by atoms with Crippen LogP contribution in [0.1, 0.15) is 17.0 Å². The highest BCUT2D eigenvalue weighted by Gasteiger charge is 2.35. The van der Waals surface area contributed by atoms with E-state index in [-0.39, 0.29) is 23.2 Å². The van der Waals surface area contributed by atoms with E-state index in [0.717, 1.165) is 11.4 Å². The van der Waals surface area contributed by atoms with Gasteiger partial charge in [-0.25, -0.2) is 14.6 Å². The summed E-state index contributed by atoms with van der Waals surface area (Å²) in [6.07, 6.45) is 1.48. The Bertz CT molecular complexity index is 1140. The molecule has 4 rings (SSSR count). The van der Waals surface area contributed by atoms with E-state index in [1.807, 2.05) is 30.9 Å². The van der Waals surface area contributed by atoms with Gasteiger partial charge < -0.3 is 10.2 Å². The monoisotopic (exact) mass is 407 g/mol. The van der Waals surface area contributed by atoms with E-state index in [1.165, 1.54) is 12.4 Å². The third-order valence-electron chi connectivity index (χ3n) is 5.14. The Kier molecular flexibility index (Phi) is 4.90. The van der Waals surface area contributed by atoms with Crippen molar-refractivity contribution in [1.82, 2.24) is 19.7 Å². The third kappa shape index (κ3) is 3.59. The number of aryl methyl sites for hydroxylation is 3. The number of benzene rings is 1. The Morgan fingerprint density at radius 1 is 1.17 bits per heavy atom. The summed E-state index contributed by atoms with van der Waals surface area (Å²) in [6.45, 7) is 6.55. The zero-order valence-corrected chi connectivity index (χ0v) is 16.9. The largest absolute Gasteiger partial charge is 0.355 e. The standard InChI is InChI=1S/C20H21N7O3/c1-12-5-4-6-16(27(29)30)19(12)23-20(28)15-9-25(10-15)17-8-18(22-11-21-17)26-14(3)7-13(2)24-26/h4-8,11,15H,9-10H2,1-3H3,(H,23,28). The molecule has 0 bridgehead atoms. The van der Waals surface area contributed by atoms with E-state index >= 15 is 0 Å². The first-order chi connectivity index (χ1) is 14.3. The molecule has 10 heteroatoms. The Morgan fingerprint density at radius 3 is 2.57 bits per heavy atom. The van der Waals surface area contributed by atoms with Crippen LogP contribution >= 0.6 is 0 Å². The normalized spacial score (nSPS) is 13.8. The second kappa shape index (κ2) is 7.54. The summed E-state index contributed by atoms with van der Waals surface area (Å²) in [7, 11) is 0. The van der Waals surface area contributed by atoms with Crippen molar-refractivity contribution >= 4 is 23.1 Å². The van der Waals surface area contributed by atoms with Gasteiger partial charge in [-0.2, -0.15) is 5.10 Å². The predicted octanol–water partition coefficient (Wildman–Crippen LogP) is 2.57. The van der Waals surface area contributed by atoms with Gasteiger partial charge in [-0.15, -0.1) is 0 Å². The van der Waals surface area contributed by atoms with Crippen molar-refractivity contribution in [2.24, 2.45) is 5.92 Å². The minimum atomic E-state index is -0.489. The first-order valence-corrected chi connectivity index (χ1v) is 9.49. The fourth-order valence-electron chi connectivity index (χ4n) is 3.51. The lowest BCUT2D eigenvalue weighted by atomic mass is 9.98. The number of nitro benzene ring substituents is 1. The Hall–Kier alpha value is -3.82. The number of amides is 1. The highest BCUT2D eigenvalue weighted by Crippen LogP contribution is 2.30. The van der Waals surface area contributed by atoms with Crippen LogP contribution in [0, 0.1) is 36.8 Å². The van der Waals surface area contributed by atoms with Crippen molar-refractivity contribution in [1.29, 1.82) is 0 Å².